The van der Waals surface area contributed by atoms with Crippen molar-refractivity contribution in [3.05, 3.63) is 48.2 Å². The van der Waals surface area contributed by atoms with Crippen molar-refractivity contribution in [1.82, 2.24) is 25.6 Å². The second-order valence-electron chi connectivity index (χ2n) is 7.22. The third-order valence-corrected chi connectivity index (χ3v) is 4.85. The first kappa shape index (κ1) is 23.1. The topological polar surface area (TPSA) is 118 Å². The van der Waals surface area contributed by atoms with Gasteiger partial charge in [-0.3, -0.25) is 9.98 Å². The molecule has 0 radical (unpaired) electrons. The van der Waals surface area contributed by atoms with Crippen LogP contribution in [0.5, 0.6) is 0 Å². The number of amidine groups is 2. The minimum Gasteiger partial charge on any atom is -0.382 e. The van der Waals surface area contributed by atoms with Crippen molar-refractivity contribution in [2.45, 2.75) is 45.5 Å². The van der Waals surface area contributed by atoms with E-state index in [1.165, 1.54) is 6.92 Å². The summed E-state index contributed by atoms with van der Waals surface area (Å²) in [4.78, 5) is 12.9. The molecule has 0 saturated heterocycles. The third kappa shape index (κ3) is 5.77. The zero-order valence-corrected chi connectivity index (χ0v) is 18.1. The van der Waals surface area contributed by atoms with Gasteiger partial charge in [-0.05, 0) is 23.3 Å². The molecular weight excluding hydrogens is 414 g/mol. The van der Waals surface area contributed by atoms with E-state index < -0.39 is 18.2 Å². The molecule has 3 rings (SSSR count). The van der Waals surface area contributed by atoms with Gasteiger partial charge in [0.15, 0.2) is 5.84 Å². The second kappa shape index (κ2) is 10.7. The number of aromatic amines is 1. The number of H-pyrrole nitrogens is 1. The van der Waals surface area contributed by atoms with Crippen LogP contribution in [0, 0.1) is 0 Å². The molecule has 0 amide bonds. The van der Waals surface area contributed by atoms with Gasteiger partial charge in [-0.1, -0.05) is 50.6 Å². The lowest BCUT2D eigenvalue weighted by Gasteiger charge is -2.13. The van der Waals surface area contributed by atoms with Crippen LogP contribution in [-0.2, 0) is 6.42 Å². The molecule has 2 heterocycles. The number of tetrazole rings is 1. The van der Waals surface area contributed by atoms with Gasteiger partial charge in [-0.25, -0.2) is 4.99 Å². The summed E-state index contributed by atoms with van der Waals surface area (Å²) in [7, 11) is 0. The molecule has 0 bridgehead atoms. The maximum absolute atomic E-state index is 13.9. The molecule has 0 saturated carbocycles. The number of aromatic nitrogens is 5. The Labute approximate surface area is 185 Å². The van der Waals surface area contributed by atoms with Gasteiger partial charge in [0.1, 0.15) is 5.84 Å². The summed E-state index contributed by atoms with van der Waals surface area (Å²) in [6.07, 6.45) is 3.30. The Balaban J connectivity index is 1.84. The number of unbranched alkanes of at least 4 members (excludes halogenated alkanes) is 1. The van der Waals surface area contributed by atoms with Crippen molar-refractivity contribution >= 4 is 11.7 Å². The van der Waals surface area contributed by atoms with Crippen molar-refractivity contribution in [3.8, 4) is 22.6 Å². The number of hydrogen-bond donors (Lipinski definition) is 2. The van der Waals surface area contributed by atoms with E-state index in [-0.39, 0.29) is 12.3 Å². The van der Waals surface area contributed by atoms with Crippen molar-refractivity contribution in [2.24, 2.45) is 15.7 Å². The normalized spacial score (nSPS) is 12.9. The van der Waals surface area contributed by atoms with Crippen LogP contribution in [0.3, 0.4) is 0 Å². The predicted octanol–water partition coefficient (Wildman–Crippen LogP) is 4.07. The van der Waals surface area contributed by atoms with Gasteiger partial charge in [0, 0.05) is 36.7 Å². The number of nitrogens with one attached hydrogen (secondary N) is 1. The monoisotopic (exact) mass is 440 g/mol. The number of rotatable bonds is 9. The number of nitrogens with two attached hydrogens (primary N) is 1. The average molecular weight is 441 g/mol. The summed E-state index contributed by atoms with van der Waals surface area (Å²) in [6.45, 7) is 3.91. The first-order chi connectivity index (χ1) is 15.4. The Hall–Kier alpha value is -3.56. The molecular formula is C22H26F2N8. The maximum atomic E-state index is 13.9. The van der Waals surface area contributed by atoms with E-state index in [9.17, 15) is 8.78 Å². The average Bonchev–Trinajstić information content (AvgIpc) is 3.34. The highest BCUT2D eigenvalue weighted by Gasteiger charge is 2.32. The molecule has 1 aromatic carbocycles. The highest BCUT2D eigenvalue weighted by Crippen LogP contribution is 2.28. The molecule has 3 N–H and O–H groups in total. The van der Waals surface area contributed by atoms with Gasteiger partial charge in [-0.2, -0.15) is 14.0 Å². The van der Waals surface area contributed by atoms with E-state index in [4.69, 9.17) is 5.73 Å². The van der Waals surface area contributed by atoms with E-state index in [1.54, 1.807) is 6.20 Å². The first-order valence-electron chi connectivity index (χ1n) is 10.5. The molecule has 8 nitrogen and oxygen atoms in total. The zero-order chi connectivity index (χ0) is 23.0. The Morgan fingerprint density at radius 2 is 1.91 bits per heavy atom. The second-order valence-corrected chi connectivity index (χ2v) is 7.22. The number of halogens is 2. The van der Waals surface area contributed by atoms with Crippen molar-refractivity contribution in [1.29, 1.82) is 0 Å². The fourth-order valence-corrected chi connectivity index (χ4v) is 2.95. The summed E-state index contributed by atoms with van der Waals surface area (Å²) in [6, 6.07) is 11.3. The van der Waals surface area contributed by atoms with Crippen LogP contribution < -0.4 is 5.73 Å². The summed E-state index contributed by atoms with van der Waals surface area (Å²) < 4.78 is 27.8. The molecule has 3 aromatic rings. The van der Waals surface area contributed by atoms with Crippen LogP contribution >= 0.6 is 0 Å². The fraction of sp³-hybridized carbons (Fsp3) is 0.364. The first-order valence-corrected chi connectivity index (χ1v) is 10.5. The lowest BCUT2D eigenvalue weighted by Crippen LogP contribution is -2.36. The van der Waals surface area contributed by atoms with E-state index >= 15 is 0 Å². The predicted molar refractivity (Wildman–Crippen MR) is 121 cm³/mol. The third-order valence-electron chi connectivity index (χ3n) is 4.85. The molecule has 0 spiro atoms. The smallest absolute Gasteiger partial charge is 0.303 e. The fourth-order valence-electron chi connectivity index (χ4n) is 2.95. The lowest BCUT2D eigenvalue weighted by molar-refractivity contribution is 0.0725. The van der Waals surface area contributed by atoms with Crippen LogP contribution in [0.2, 0.25) is 0 Å². The van der Waals surface area contributed by atoms with Crippen LogP contribution in [0.15, 0.2) is 52.6 Å². The molecule has 10 heteroatoms. The maximum Gasteiger partial charge on any atom is 0.303 e. The summed E-state index contributed by atoms with van der Waals surface area (Å²) in [5.74, 6) is -3.13. The standard InChI is InChI=1S/C22H26F2N8/c1-3-5-12-26-19(28-21(25)22(23,24)4-2)13-15-10-11-18(27-14-15)16-8-6-7-9-17(16)20-29-31-32-30-20/h6-11,14H,3-5,12-13H2,1-2H3,(H2,25,26,28)(H,29,30,31,32). The van der Waals surface area contributed by atoms with Gasteiger partial charge >= 0.3 is 5.92 Å². The molecule has 0 fully saturated rings. The summed E-state index contributed by atoms with van der Waals surface area (Å²) >= 11 is 0. The molecule has 0 atom stereocenters. The van der Waals surface area contributed by atoms with Gasteiger partial charge < -0.3 is 5.73 Å². The number of aliphatic imine (C=N–C) groups is 2. The summed E-state index contributed by atoms with van der Waals surface area (Å²) in [5.41, 5.74) is 8.72. The quantitative estimate of drug-likeness (QED) is 0.295. The minimum atomic E-state index is -3.16. The highest BCUT2D eigenvalue weighted by atomic mass is 19.3. The Morgan fingerprint density at radius 1 is 1.12 bits per heavy atom. The van der Waals surface area contributed by atoms with Gasteiger partial charge in [0.05, 0.1) is 5.69 Å². The van der Waals surface area contributed by atoms with Gasteiger partial charge in [-0.15, -0.1) is 10.2 Å². The van der Waals surface area contributed by atoms with Crippen LogP contribution in [-0.4, -0.2) is 49.7 Å². The number of nitrogens with zero attached hydrogens (tertiary/aromatic N) is 6. The summed E-state index contributed by atoms with van der Waals surface area (Å²) in [5, 5.41) is 14.1. The van der Waals surface area contributed by atoms with Crippen molar-refractivity contribution in [2.75, 3.05) is 6.54 Å². The van der Waals surface area contributed by atoms with E-state index in [0.29, 0.717) is 12.4 Å². The highest BCUT2D eigenvalue weighted by molar-refractivity contribution is 6.00. The number of hydrogen-bond acceptors (Lipinski definition) is 5. The zero-order valence-electron chi connectivity index (χ0n) is 18.1. The Kier molecular flexibility index (Phi) is 7.69. The SMILES string of the molecule is CCCCN=C(Cc1ccc(-c2ccccc2-c2nn[nH]n2)nc1)N=C(N)C(F)(F)CC. The van der Waals surface area contributed by atoms with Crippen LogP contribution in [0.1, 0.15) is 38.7 Å². The molecule has 0 aliphatic heterocycles. The minimum absolute atomic E-state index is 0.254. The molecule has 168 valence electrons. The van der Waals surface area contributed by atoms with Crippen LogP contribution in [0.4, 0.5) is 8.78 Å². The molecule has 2 aromatic heterocycles. The Bertz CT molecular complexity index is 1060. The molecule has 32 heavy (non-hydrogen) atoms. The Morgan fingerprint density at radius 3 is 2.53 bits per heavy atom. The largest absolute Gasteiger partial charge is 0.382 e. The van der Waals surface area contributed by atoms with Gasteiger partial charge in [0.2, 0.25) is 5.82 Å². The number of alkyl halides is 2. The molecule has 0 aliphatic carbocycles. The van der Waals surface area contributed by atoms with E-state index in [0.717, 1.165) is 35.2 Å². The molecule has 0 unspecified atom stereocenters. The van der Waals surface area contributed by atoms with E-state index in [2.05, 4.69) is 35.6 Å². The number of pyridine rings is 1. The van der Waals surface area contributed by atoms with Crippen molar-refractivity contribution in [3.63, 3.8) is 0 Å². The van der Waals surface area contributed by atoms with Crippen LogP contribution in [0.25, 0.3) is 22.6 Å². The number of benzene rings is 1. The lowest BCUT2D eigenvalue weighted by atomic mass is 10.0. The van der Waals surface area contributed by atoms with Crippen molar-refractivity contribution < 1.29 is 8.78 Å². The van der Waals surface area contributed by atoms with E-state index in [1.807, 2.05) is 43.3 Å². The van der Waals surface area contributed by atoms with Gasteiger partial charge in [0.25, 0.3) is 0 Å². The molecule has 0 aliphatic rings.